The number of rotatable bonds is 34. The monoisotopic (exact) mass is 889 g/mol. The maximum absolute atomic E-state index is 12.9. The summed E-state index contributed by atoms with van der Waals surface area (Å²) in [6, 6.07) is 17.7. The van der Waals surface area contributed by atoms with E-state index in [1.807, 2.05) is 18.2 Å². The van der Waals surface area contributed by atoms with Crippen LogP contribution in [0, 0.1) is 11.8 Å². The molecule has 1 aromatic rings. The molecular formula is C50H92O7Si3. The Morgan fingerprint density at radius 3 is 1.73 bits per heavy atom. The first-order valence-electron chi connectivity index (χ1n) is 23.8. The Bertz CT molecular complexity index is 1360. The lowest BCUT2D eigenvalue weighted by molar-refractivity contribution is -0.155. The van der Waals surface area contributed by atoms with Crippen molar-refractivity contribution in [3.8, 4) is 5.75 Å². The van der Waals surface area contributed by atoms with Gasteiger partial charge in [0.1, 0.15) is 17.5 Å². The number of benzene rings is 1. The Balaban J connectivity index is 3.54. The summed E-state index contributed by atoms with van der Waals surface area (Å²) in [4.78, 5) is 12.9. The fourth-order valence-electron chi connectivity index (χ4n) is 8.64. The number of hydrogen-bond donors (Lipinski definition) is 0. The lowest BCUT2D eigenvalue weighted by Gasteiger charge is -2.43. The second-order valence-electron chi connectivity index (χ2n) is 17.9. The summed E-state index contributed by atoms with van der Waals surface area (Å²) in [7, 11) is -4.26. The van der Waals surface area contributed by atoms with Crippen molar-refractivity contribution in [2.24, 2.45) is 11.8 Å². The van der Waals surface area contributed by atoms with Crippen molar-refractivity contribution in [1.29, 1.82) is 0 Å². The van der Waals surface area contributed by atoms with Gasteiger partial charge in [-0.2, -0.15) is 0 Å². The van der Waals surface area contributed by atoms with Gasteiger partial charge in [0.15, 0.2) is 25.0 Å². The predicted molar refractivity (Wildman–Crippen MR) is 264 cm³/mol. The predicted octanol–water partition coefficient (Wildman–Crippen LogP) is 14.6. The molecule has 1 rings (SSSR count). The van der Waals surface area contributed by atoms with Gasteiger partial charge in [0.05, 0.1) is 25.9 Å². The first-order valence-corrected chi connectivity index (χ1v) is 31.4. The molecule has 10 heteroatoms. The average Bonchev–Trinajstić information content (AvgIpc) is 3.25. The number of allylic oxidation sites excluding steroid dienone is 1. The molecule has 60 heavy (non-hydrogen) atoms. The molecular weight excluding hydrogens is 797 g/mol. The summed E-state index contributed by atoms with van der Waals surface area (Å²) >= 11 is 0. The minimum absolute atomic E-state index is 0.0124. The first-order chi connectivity index (χ1) is 28.4. The summed E-state index contributed by atoms with van der Waals surface area (Å²) in [5.41, 5.74) is 1.31. The molecule has 1 unspecified atom stereocenters. The zero-order chi connectivity index (χ0) is 45.6. The fraction of sp³-hybridized carbons (Fsp3) is 0.740. The van der Waals surface area contributed by atoms with Gasteiger partial charge in [0, 0.05) is 19.4 Å². The Hall–Kier alpha value is -1.80. The van der Waals surface area contributed by atoms with Crippen LogP contribution in [0.3, 0.4) is 0 Å². The van der Waals surface area contributed by atoms with E-state index >= 15 is 0 Å². The molecule has 0 fully saturated rings. The third-order valence-electron chi connectivity index (χ3n) is 14.1. The summed E-state index contributed by atoms with van der Waals surface area (Å²) in [6.07, 6.45) is 9.80. The molecule has 0 heterocycles. The molecule has 7 nitrogen and oxygen atoms in total. The molecule has 346 valence electrons. The molecule has 0 saturated heterocycles. The highest BCUT2D eigenvalue weighted by atomic mass is 28.4. The lowest BCUT2D eigenvalue weighted by Crippen LogP contribution is -2.52. The minimum Gasteiger partial charge on any atom is -0.497 e. The maximum Gasteiger partial charge on any atom is 0.303 e. The molecule has 1 aromatic carbocycles. The summed E-state index contributed by atoms with van der Waals surface area (Å²) in [6.45, 7) is 40.2. The highest BCUT2D eigenvalue weighted by Gasteiger charge is 2.44. The van der Waals surface area contributed by atoms with E-state index in [4.69, 9.17) is 27.5 Å². The van der Waals surface area contributed by atoms with E-state index in [1.165, 1.54) is 6.92 Å². The number of hydrogen-bond acceptors (Lipinski definition) is 7. The van der Waals surface area contributed by atoms with Gasteiger partial charge in [-0.05, 0) is 123 Å². The summed E-state index contributed by atoms with van der Waals surface area (Å²) in [5, 5.41) is 0. The van der Waals surface area contributed by atoms with E-state index in [-0.39, 0.29) is 30.2 Å². The minimum atomic E-state index is -2.17. The van der Waals surface area contributed by atoms with Crippen LogP contribution < -0.4 is 4.74 Å². The molecule has 0 amide bonds. The van der Waals surface area contributed by atoms with E-state index in [0.29, 0.717) is 25.4 Å². The van der Waals surface area contributed by atoms with Crippen molar-refractivity contribution in [1.82, 2.24) is 0 Å². The number of carbonyl (C=O) groups is 1. The van der Waals surface area contributed by atoms with Gasteiger partial charge in [-0.25, -0.2) is 0 Å². The van der Waals surface area contributed by atoms with E-state index in [0.717, 1.165) is 90.5 Å². The van der Waals surface area contributed by atoms with Crippen molar-refractivity contribution in [3.63, 3.8) is 0 Å². The number of carbonyl (C=O) groups excluding carboxylic acids is 1. The molecule has 0 N–H and O–H groups in total. The number of ether oxygens (including phenoxy) is 3. The van der Waals surface area contributed by atoms with Crippen LogP contribution in [-0.4, -0.2) is 68.0 Å². The molecule has 0 aliphatic heterocycles. The second kappa shape index (κ2) is 28.1. The quantitative estimate of drug-likeness (QED) is 0.0388. The third-order valence-corrected chi connectivity index (χ3v) is 28.2. The van der Waals surface area contributed by atoms with Gasteiger partial charge in [0.25, 0.3) is 0 Å². The van der Waals surface area contributed by atoms with Crippen LogP contribution in [0.15, 0.2) is 61.2 Å². The van der Waals surface area contributed by atoms with Crippen LogP contribution in [0.4, 0.5) is 0 Å². The molecule has 0 aliphatic carbocycles. The van der Waals surface area contributed by atoms with Crippen molar-refractivity contribution >= 4 is 30.9 Å². The highest BCUT2D eigenvalue weighted by molar-refractivity contribution is 6.74. The Morgan fingerprint density at radius 1 is 0.750 bits per heavy atom. The van der Waals surface area contributed by atoms with Crippen LogP contribution in [0.1, 0.15) is 135 Å². The van der Waals surface area contributed by atoms with Crippen LogP contribution >= 0.6 is 0 Å². The van der Waals surface area contributed by atoms with Gasteiger partial charge in [-0.15, -0.1) is 6.58 Å². The van der Waals surface area contributed by atoms with Crippen LogP contribution in [-0.2, 0) is 34.2 Å². The SMILES string of the molecule is C=CC[C@@H](CC(=C)CC(OC(C)=O)[C@@](C)(/C=C/C[C@H](C)[C@@H](C[C@H](C)[C@H](C)OCc1ccc(OC)cc1)O[Si](CC)(CC)CC)O[Si](CC)(CC)CC)O[Si](CC)(CC)CC. The van der Waals surface area contributed by atoms with Crippen molar-refractivity contribution in [2.75, 3.05) is 7.11 Å². The Kier molecular flexibility index (Phi) is 26.3. The highest BCUT2D eigenvalue weighted by Crippen LogP contribution is 2.37. The van der Waals surface area contributed by atoms with E-state index < -0.39 is 36.7 Å². The van der Waals surface area contributed by atoms with E-state index in [2.05, 4.69) is 127 Å². The van der Waals surface area contributed by atoms with E-state index in [1.54, 1.807) is 7.11 Å². The zero-order valence-electron chi connectivity index (χ0n) is 41.4. The second-order valence-corrected chi connectivity index (χ2v) is 32.0. The molecule has 0 radical (unpaired) electrons. The fourth-order valence-corrected chi connectivity index (χ4v) is 17.6. The molecule has 0 saturated carbocycles. The number of methoxy groups -OCH3 is 1. The molecule has 0 aliphatic rings. The standard InChI is InChI=1S/C50H92O7Si3/c1-18-29-47(55-58(19-2,20-3)21-4)36-40(11)37-49(54-44(15)51)50(16,57-60(25-8,26-9)27-10)35-28-30-41(12)48(56-59(22-5,23-6)24-7)38-42(13)43(14)53-39-45-31-33-46(52-17)34-32-45/h18,28,31-35,41-43,47-49H,1,11,19-27,29-30,36-39H2,2-10,12-17H3/b35-28+/t41-,42-,43-,47-,48+,49?,50+/m0/s1. The normalized spacial score (nSPS) is 16.7. The first kappa shape index (κ1) is 56.2. The largest absolute Gasteiger partial charge is 0.497 e. The van der Waals surface area contributed by atoms with Crippen LogP contribution in [0.2, 0.25) is 54.4 Å². The topological polar surface area (TPSA) is 72.5 Å². The van der Waals surface area contributed by atoms with Gasteiger partial charge in [-0.1, -0.05) is 119 Å². The van der Waals surface area contributed by atoms with Crippen molar-refractivity contribution < 1.29 is 32.3 Å². The average molecular weight is 890 g/mol. The van der Waals surface area contributed by atoms with Crippen molar-refractivity contribution in [3.05, 3.63) is 66.8 Å². The van der Waals surface area contributed by atoms with Crippen molar-refractivity contribution in [2.45, 2.75) is 220 Å². The van der Waals surface area contributed by atoms with Crippen LogP contribution in [0.5, 0.6) is 5.75 Å². The smallest absolute Gasteiger partial charge is 0.303 e. The zero-order valence-corrected chi connectivity index (χ0v) is 44.4. The van der Waals surface area contributed by atoms with Gasteiger partial charge >= 0.3 is 5.97 Å². The van der Waals surface area contributed by atoms with Gasteiger partial charge < -0.3 is 27.5 Å². The Labute approximate surface area is 373 Å². The lowest BCUT2D eigenvalue weighted by atomic mass is 9.88. The molecule has 0 aromatic heterocycles. The maximum atomic E-state index is 12.9. The molecule has 0 spiro atoms. The van der Waals surface area contributed by atoms with Crippen LogP contribution in [0.25, 0.3) is 0 Å². The number of esters is 1. The third kappa shape index (κ3) is 17.8. The Morgan fingerprint density at radius 2 is 1.27 bits per heavy atom. The van der Waals surface area contributed by atoms with E-state index in [9.17, 15) is 4.79 Å². The van der Waals surface area contributed by atoms with Gasteiger partial charge in [0.2, 0.25) is 0 Å². The molecule has 7 atom stereocenters. The summed E-state index contributed by atoms with van der Waals surface area (Å²) in [5.74, 6) is 1.09. The summed E-state index contributed by atoms with van der Waals surface area (Å²) < 4.78 is 39.8. The van der Waals surface area contributed by atoms with Gasteiger partial charge in [-0.3, -0.25) is 4.79 Å². The molecule has 0 bridgehead atoms.